The first kappa shape index (κ1) is 21.8. The Bertz CT molecular complexity index is 1400. The van der Waals surface area contributed by atoms with Crippen LogP contribution < -0.4 is 5.32 Å². The predicted octanol–water partition coefficient (Wildman–Crippen LogP) is 5.41. The van der Waals surface area contributed by atoms with Crippen molar-refractivity contribution in [1.82, 2.24) is 4.98 Å². The predicted molar refractivity (Wildman–Crippen MR) is 120 cm³/mol. The third-order valence-corrected chi connectivity index (χ3v) is 6.80. The average Bonchev–Trinajstić information content (AvgIpc) is 3.19. The van der Waals surface area contributed by atoms with E-state index in [1.807, 2.05) is 0 Å². The summed E-state index contributed by atoms with van der Waals surface area (Å²) >= 11 is 1.10. The van der Waals surface area contributed by atoms with Gasteiger partial charge in [-0.1, -0.05) is 18.2 Å². The van der Waals surface area contributed by atoms with Crippen LogP contribution in [-0.2, 0) is 9.84 Å². The molecule has 1 aromatic heterocycles. The van der Waals surface area contributed by atoms with Crippen molar-refractivity contribution in [1.29, 1.82) is 0 Å². The fourth-order valence-electron chi connectivity index (χ4n) is 3.02. The number of thiazole rings is 1. The lowest BCUT2D eigenvalue weighted by molar-refractivity contribution is 0.102. The van der Waals surface area contributed by atoms with E-state index in [0.29, 0.717) is 21.7 Å². The number of rotatable bonds is 5. The number of halogens is 2. The van der Waals surface area contributed by atoms with Crippen molar-refractivity contribution in [3.8, 4) is 21.7 Å². The summed E-state index contributed by atoms with van der Waals surface area (Å²) in [6, 6.07) is 17.4. The molecule has 0 saturated carbocycles. The Morgan fingerprint density at radius 2 is 1.56 bits per heavy atom. The number of carbonyl (C=O) groups is 1. The zero-order valence-electron chi connectivity index (χ0n) is 16.7. The zero-order valence-corrected chi connectivity index (χ0v) is 18.3. The molecule has 3 aromatic carbocycles. The molecule has 1 N–H and O–H groups in total. The molecule has 4 rings (SSSR count). The number of benzene rings is 3. The third-order valence-electron chi connectivity index (χ3n) is 4.57. The third kappa shape index (κ3) is 4.74. The van der Waals surface area contributed by atoms with Crippen molar-refractivity contribution in [3.63, 3.8) is 0 Å². The largest absolute Gasteiger partial charge is 0.320 e. The molecule has 0 radical (unpaired) electrons. The Kier molecular flexibility index (Phi) is 5.86. The molecule has 32 heavy (non-hydrogen) atoms. The SMILES string of the molecule is CS(=O)(=O)c1ccc(-c2sc(C(=O)Nc3cccc(F)c3)nc2-c2ccc(F)cc2)cc1. The topological polar surface area (TPSA) is 76.1 Å². The average molecular weight is 471 g/mol. The molecule has 1 amide bonds. The van der Waals surface area contributed by atoms with Crippen molar-refractivity contribution < 1.29 is 22.0 Å². The summed E-state index contributed by atoms with van der Waals surface area (Å²) < 4.78 is 50.4. The van der Waals surface area contributed by atoms with E-state index in [4.69, 9.17) is 0 Å². The lowest BCUT2D eigenvalue weighted by Gasteiger charge is -2.04. The number of sulfone groups is 1. The maximum Gasteiger partial charge on any atom is 0.284 e. The lowest BCUT2D eigenvalue weighted by atomic mass is 10.1. The Morgan fingerprint density at radius 3 is 2.19 bits per heavy atom. The van der Waals surface area contributed by atoms with Gasteiger partial charge in [0.05, 0.1) is 15.5 Å². The molecule has 0 spiro atoms. The number of anilines is 1. The monoisotopic (exact) mass is 470 g/mol. The van der Waals surface area contributed by atoms with Crippen molar-refractivity contribution in [2.45, 2.75) is 4.90 Å². The van der Waals surface area contributed by atoms with Gasteiger partial charge in [0.25, 0.3) is 5.91 Å². The Labute approximate surface area is 187 Å². The van der Waals surface area contributed by atoms with Gasteiger partial charge in [-0.25, -0.2) is 22.2 Å². The van der Waals surface area contributed by atoms with Gasteiger partial charge < -0.3 is 5.32 Å². The maximum absolute atomic E-state index is 13.4. The molecule has 0 aliphatic heterocycles. The van der Waals surface area contributed by atoms with E-state index >= 15 is 0 Å². The summed E-state index contributed by atoms with van der Waals surface area (Å²) in [7, 11) is -3.36. The Morgan fingerprint density at radius 1 is 0.906 bits per heavy atom. The van der Waals surface area contributed by atoms with E-state index in [-0.39, 0.29) is 15.6 Å². The summed E-state index contributed by atoms with van der Waals surface area (Å²) in [5.41, 5.74) is 1.98. The van der Waals surface area contributed by atoms with E-state index in [0.717, 1.165) is 17.6 Å². The van der Waals surface area contributed by atoms with Gasteiger partial charge >= 0.3 is 0 Å². The van der Waals surface area contributed by atoms with E-state index in [9.17, 15) is 22.0 Å². The highest BCUT2D eigenvalue weighted by molar-refractivity contribution is 7.90. The summed E-state index contributed by atoms with van der Waals surface area (Å²) in [6.45, 7) is 0. The van der Waals surface area contributed by atoms with Gasteiger partial charge in [-0.05, 0) is 60.2 Å². The van der Waals surface area contributed by atoms with Gasteiger partial charge in [0.15, 0.2) is 14.8 Å². The summed E-state index contributed by atoms with van der Waals surface area (Å²) in [6.07, 6.45) is 1.12. The molecule has 0 aliphatic rings. The molecule has 0 atom stereocenters. The first-order valence-electron chi connectivity index (χ1n) is 9.35. The highest BCUT2D eigenvalue weighted by atomic mass is 32.2. The van der Waals surface area contributed by atoms with Crippen LogP contribution >= 0.6 is 11.3 Å². The van der Waals surface area contributed by atoms with Crippen LogP contribution in [0.25, 0.3) is 21.7 Å². The quantitative estimate of drug-likeness (QED) is 0.423. The number of carbonyl (C=O) groups excluding carboxylic acids is 1. The molecule has 5 nitrogen and oxygen atoms in total. The molecular formula is C23H16F2N2O3S2. The minimum atomic E-state index is -3.36. The van der Waals surface area contributed by atoms with E-state index in [1.54, 1.807) is 30.3 Å². The van der Waals surface area contributed by atoms with Crippen molar-refractivity contribution in [2.24, 2.45) is 0 Å². The fourth-order valence-corrected chi connectivity index (χ4v) is 4.64. The van der Waals surface area contributed by atoms with Crippen molar-refractivity contribution in [2.75, 3.05) is 11.6 Å². The van der Waals surface area contributed by atoms with Gasteiger partial charge in [0, 0.05) is 17.5 Å². The van der Waals surface area contributed by atoms with Crippen LogP contribution in [0.4, 0.5) is 14.5 Å². The normalized spacial score (nSPS) is 11.3. The minimum Gasteiger partial charge on any atom is -0.320 e. The van der Waals surface area contributed by atoms with Gasteiger partial charge in [-0.2, -0.15) is 0 Å². The second kappa shape index (κ2) is 8.60. The van der Waals surface area contributed by atoms with Gasteiger partial charge in [-0.15, -0.1) is 11.3 Å². The van der Waals surface area contributed by atoms with Crippen LogP contribution in [-0.4, -0.2) is 25.6 Å². The highest BCUT2D eigenvalue weighted by Crippen LogP contribution is 2.37. The fraction of sp³-hybridized carbons (Fsp3) is 0.0435. The number of nitrogens with zero attached hydrogens (tertiary/aromatic N) is 1. The molecule has 9 heteroatoms. The van der Waals surface area contributed by atoms with Gasteiger partial charge in [0.2, 0.25) is 0 Å². The zero-order chi connectivity index (χ0) is 22.9. The number of amides is 1. The summed E-state index contributed by atoms with van der Waals surface area (Å²) in [4.78, 5) is 18.0. The van der Waals surface area contributed by atoms with Crippen LogP contribution in [0.5, 0.6) is 0 Å². The summed E-state index contributed by atoms with van der Waals surface area (Å²) in [5.74, 6) is -1.42. The molecule has 0 saturated heterocycles. The smallest absolute Gasteiger partial charge is 0.284 e. The Hall–Kier alpha value is -3.43. The second-order valence-corrected chi connectivity index (χ2v) is 9.98. The number of hydrogen-bond donors (Lipinski definition) is 1. The maximum atomic E-state index is 13.4. The minimum absolute atomic E-state index is 0.121. The van der Waals surface area contributed by atoms with Crippen LogP contribution in [0.15, 0.2) is 77.7 Å². The standard InChI is InChI=1S/C23H16F2N2O3S2/c1-32(29,30)19-11-7-15(8-12-19)21-20(14-5-9-16(24)10-6-14)27-23(31-21)22(28)26-18-4-2-3-17(25)13-18/h2-13H,1H3,(H,26,28). The van der Waals surface area contributed by atoms with Crippen molar-refractivity contribution in [3.05, 3.63) is 89.4 Å². The Balaban J connectivity index is 1.76. The second-order valence-electron chi connectivity index (χ2n) is 6.96. The van der Waals surface area contributed by atoms with Crippen molar-refractivity contribution >= 4 is 32.8 Å². The molecule has 4 aromatic rings. The first-order valence-corrected chi connectivity index (χ1v) is 12.1. The molecule has 0 aliphatic carbocycles. The molecule has 1 heterocycles. The summed E-state index contributed by atoms with van der Waals surface area (Å²) in [5, 5.41) is 2.73. The van der Waals surface area contributed by atoms with E-state index in [2.05, 4.69) is 10.3 Å². The molecule has 0 fully saturated rings. The van der Waals surface area contributed by atoms with E-state index < -0.39 is 27.4 Å². The number of hydrogen-bond acceptors (Lipinski definition) is 5. The highest BCUT2D eigenvalue weighted by Gasteiger charge is 2.20. The van der Waals surface area contributed by atoms with Crippen LogP contribution in [0.2, 0.25) is 0 Å². The first-order chi connectivity index (χ1) is 15.2. The number of nitrogens with one attached hydrogen (secondary N) is 1. The van der Waals surface area contributed by atoms with Gasteiger partial charge in [0.1, 0.15) is 11.6 Å². The molecule has 0 bridgehead atoms. The van der Waals surface area contributed by atoms with Crippen LogP contribution in [0.1, 0.15) is 9.80 Å². The van der Waals surface area contributed by atoms with Gasteiger partial charge in [-0.3, -0.25) is 4.79 Å². The molecule has 0 unspecified atom stereocenters. The van der Waals surface area contributed by atoms with Crippen LogP contribution in [0, 0.1) is 11.6 Å². The lowest BCUT2D eigenvalue weighted by Crippen LogP contribution is -2.11. The molecule has 162 valence electrons. The van der Waals surface area contributed by atoms with E-state index in [1.165, 1.54) is 42.5 Å². The van der Waals surface area contributed by atoms with Crippen LogP contribution in [0.3, 0.4) is 0 Å². The number of aromatic nitrogens is 1. The molecular weight excluding hydrogens is 454 g/mol.